The van der Waals surface area contributed by atoms with Crippen LogP contribution < -0.4 is 4.74 Å². The number of benzene rings is 4. The number of rotatable bonds is 11. The Hall–Kier alpha value is -4.17. The van der Waals surface area contributed by atoms with Crippen LogP contribution in [0.3, 0.4) is 0 Å². The predicted octanol–water partition coefficient (Wildman–Crippen LogP) is 6.08. The van der Waals surface area contributed by atoms with Gasteiger partial charge in [0.1, 0.15) is 12.4 Å². The Morgan fingerprint density at radius 3 is 2.07 bits per heavy atom. The highest BCUT2D eigenvalue weighted by Crippen LogP contribution is 2.34. The molecule has 7 nitrogen and oxygen atoms in total. The molecule has 0 aliphatic carbocycles. The Balaban J connectivity index is 0.00000423. The summed E-state index contributed by atoms with van der Waals surface area (Å²) < 4.78 is 11.7. The van der Waals surface area contributed by atoms with Crippen LogP contribution in [0.1, 0.15) is 45.5 Å². The molecule has 4 aromatic rings. The number of hydrogen-bond donors (Lipinski definition) is 2. The second-order valence-corrected chi connectivity index (χ2v) is 10.7. The average Bonchev–Trinajstić information content (AvgIpc) is 3.04. The maximum atomic E-state index is 13.6. The van der Waals surface area contributed by atoms with Crippen LogP contribution in [0.2, 0.25) is 0 Å². The minimum atomic E-state index is -2.02. The zero-order valence-corrected chi connectivity index (χ0v) is 24.6. The minimum Gasteiger partial charge on any atom is -0.489 e. The third-order valence-corrected chi connectivity index (χ3v) is 7.75. The van der Waals surface area contributed by atoms with E-state index in [1.807, 2.05) is 12.1 Å². The SMILES string of the molecule is Cl.O=C(O)c1ccc(COc2cccc([C@](O)(C(=O)OCC3CCN(Cc4ccccc4)CC3)c3ccccc3)c2)cc1. The van der Waals surface area contributed by atoms with Gasteiger partial charge in [0.25, 0.3) is 0 Å². The first-order valence-corrected chi connectivity index (χ1v) is 14.2. The third-order valence-electron chi connectivity index (χ3n) is 7.75. The van der Waals surface area contributed by atoms with Crippen molar-refractivity contribution in [3.8, 4) is 5.75 Å². The molecular weight excluding hydrogens is 566 g/mol. The number of esters is 1. The summed E-state index contributed by atoms with van der Waals surface area (Å²) in [5.74, 6) is -1.02. The number of hydrogen-bond acceptors (Lipinski definition) is 6. The normalized spacial score (nSPS) is 15.1. The van der Waals surface area contributed by atoms with Crippen molar-refractivity contribution in [2.75, 3.05) is 19.7 Å². The Morgan fingerprint density at radius 2 is 1.42 bits per heavy atom. The Bertz CT molecular complexity index is 1470. The number of carboxylic acids is 1. The second kappa shape index (κ2) is 14.8. The maximum Gasteiger partial charge on any atom is 0.347 e. The summed E-state index contributed by atoms with van der Waals surface area (Å²) in [5.41, 5.74) is 1.02. The highest BCUT2D eigenvalue weighted by molar-refractivity contribution is 5.87. The average molecular weight is 602 g/mol. The molecule has 1 fully saturated rings. The van der Waals surface area contributed by atoms with Gasteiger partial charge >= 0.3 is 11.9 Å². The number of aromatic carboxylic acids is 1. The van der Waals surface area contributed by atoms with Crippen molar-refractivity contribution in [1.29, 1.82) is 0 Å². The number of aliphatic hydroxyl groups is 1. The van der Waals surface area contributed by atoms with E-state index in [0.717, 1.165) is 38.0 Å². The van der Waals surface area contributed by atoms with Crippen LogP contribution in [0.25, 0.3) is 0 Å². The maximum absolute atomic E-state index is 13.6. The van der Waals surface area contributed by atoms with E-state index in [9.17, 15) is 14.7 Å². The molecule has 1 aliphatic rings. The molecule has 0 radical (unpaired) electrons. The third kappa shape index (κ3) is 8.02. The van der Waals surface area contributed by atoms with Gasteiger partial charge in [-0.25, -0.2) is 9.59 Å². The van der Waals surface area contributed by atoms with Crippen LogP contribution in [-0.2, 0) is 28.3 Å². The molecule has 0 amide bonds. The molecule has 2 N–H and O–H groups in total. The minimum absolute atomic E-state index is 0. The number of carbonyl (C=O) groups is 2. The fourth-order valence-electron chi connectivity index (χ4n) is 5.25. The summed E-state index contributed by atoms with van der Waals surface area (Å²) in [5, 5.41) is 21.1. The van der Waals surface area contributed by atoms with Gasteiger partial charge in [-0.15, -0.1) is 12.4 Å². The van der Waals surface area contributed by atoms with Crippen LogP contribution in [0.5, 0.6) is 5.75 Å². The molecule has 0 bridgehead atoms. The van der Waals surface area contributed by atoms with Gasteiger partial charge in [0, 0.05) is 12.1 Å². The van der Waals surface area contributed by atoms with Crippen molar-refractivity contribution < 1.29 is 29.3 Å². The van der Waals surface area contributed by atoms with Gasteiger partial charge in [-0.05, 0) is 72.8 Å². The Morgan fingerprint density at radius 1 is 0.791 bits per heavy atom. The van der Waals surface area contributed by atoms with E-state index in [0.29, 0.717) is 16.9 Å². The largest absolute Gasteiger partial charge is 0.489 e. The van der Waals surface area contributed by atoms with Gasteiger partial charge in [0.15, 0.2) is 0 Å². The van der Waals surface area contributed by atoms with Gasteiger partial charge in [-0.1, -0.05) is 84.9 Å². The summed E-state index contributed by atoms with van der Waals surface area (Å²) >= 11 is 0. The number of likely N-dealkylation sites (tertiary alicyclic amines) is 1. The highest BCUT2D eigenvalue weighted by atomic mass is 35.5. The molecule has 224 valence electrons. The van der Waals surface area contributed by atoms with Crippen LogP contribution in [0.4, 0.5) is 0 Å². The lowest BCUT2D eigenvalue weighted by molar-refractivity contribution is -0.164. The molecule has 1 saturated heterocycles. The van der Waals surface area contributed by atoms with Gasteiger partial charge in [-0.3, -0.25) is 4.90 Å². The topological polar surface area (TPSA) is 96.3 Å². The summed E-state index contributed by atoms with van der Waals surface area (Å²) in [6.45, 7) is 3.21. The fraction of sp³-hybridized carbons (Fsp3) is 0.257. The highest BCUT2D eigenvalue weighted by Gasteiger charge is 2.42. The van der Waals surface area contributed by atoms with E-state index in [2.05, 4.69) is 29.2 Å². The quantitative estimate of drug-likeness (QED) is 0.201. The van der Waals surface area contributed by atoms with Crippen molar-refractivity contribution >= 4 is 24.3 Å². The van der Waals surface area contributed by atoms with E-state index in [-0.39, 0.29) is 37.1 Å². The molecular formula is C35H36ClNO6. The smallest absolute Gasteiger partial charge is 0.347 e. The number of nitrogens with zero attached hydrogens (tertiary/aromatic N) is 1. The van der Waals surface area contributed by atoms with E-state index in [4.69, 9.17) is 14.6 Å². The summed E-state index contributed by atoms with van der Waals surface area (Å²) in [6, 6.07) is 32.4. The van der Waals surface area contributed by atoms with Crippen LogP contribution in [0.15, 0.2) is 109 Å². The van der Waals surface area contributed by atoms with Crippen LogP contribution in [-0.4, -0.2) is 46.7 Å². The lowest BCUT2D eigenvalue weighted by Crippen LogP contribution is -2.40. The van der Waals surface area contributed by atoms with Gasteiger partial charge in [0.2, 0.25) is 5.60 Å². The fourth-order valence-corrected chi connectivity index (χ4v) is 5.25. The first kappa shape index (κ1) is 31.8. The standard InChI is InChI=1S/C35H35NO6.ClH/c37-33(38)29-16-14-27(15-17-29)24-41-32-13-7-12-31(22-32)35(40,30-10-5-2-6-11-30)34(39)42-25-28-18-20-36(21-19-28)23-26-8-3-1-4-9-26;/h1-17,22,28,40H,18-21,23-25H2,(H,37,38);1H/t35-;/m0./s1. The molecule has 4 aromatic carbocycles. The molecule has 0 saturated carbocycles. The first-order valence-electron chi connectivity index (χ1n) is 14.2. The Labute approximate surface area is 258 Å². The number of halogens is 1. The monoisotopic (exact) mass is 601 g/mol. The van der Waals surface area contributed by atoms with Crippen molar-refractivity contribution in [3.05, 3.63) is 137 Å². The molecule has 1 aliphatic heterocycles. The molecule has 0 spiro atoms. The molecule has 0 aromatic heterocycles. The molecule has 1 heterocycles. The lowest BCUT2D eigenvalue weighted by atomic mass is 9.86. The predicted molar refractivity (Wildman–Crippen MR) is 166 cm³/mol. The van der Waals surface area contributed by atoms with Crippen molar-refractivity contribution in [1.82, 2.24) is 4.90 Å². The van der Waals surface area contributed by atoms with E-state index in [1.165, 1.54) is 17.7 Å². The van der Waals surface area contributed by atoms with E-state index in [1.54, 1.807) is 60.7 Å². The molecule has 5 rings (SSSR count). The first-order chi connectivity index (χ1) is 20.4. The van der Waals surface area contributed by atoms with Gasteiger partial charge in [-0.2, -0.15) is 0 Å². The van der Waals surface area contributed by atoms with Crippen molar-refractivity contribution in [2.24, 2.45) is 5.92 Å². The van der Waals surface area contributed by atoms with Crippen molar-refractivity contribution in [2.45, 2.75) is 31.6 Å². The second-order valence-electron chi connectivity index (χ2n) is 10.7. The zero-order chi connectivity index (χ0) is 29.4. The summed E-state index contributed by atoms with van der Waals surface area (Å²) in [4.78, 5) is 27.1. The van der Waals surface area contributed by atoms with Crippen LogP contribution >= 0.6 is 12.4 Å². The molecule has 1 atom stereocenters. The van der Waals surface area contributed by atoms with Crippen molar-refractivity contribution in [3.63, 3.8) is 0 Å². The lowest BCUT2D eigenvalue weighted by Gasteiger charge is -2.33. The zero-order valence-electron chi connectivity index (χ0n) is 23.8. The van der Waals surface area contributed by atoms with E-state index < -0.39 is 17.5 Å². The Kier molecular flexibility index (Phi) is 11.0. The number of carboxylic acid groups (broad SMARTS) is 1. The van der Waals surface area contributed by atoms with Gasteiger partial charge < -0.3 is 19.7 Å². The number of carbonyl (C=O) groups excluding carboxylic acids is 1. The summed E-state index contributed by atoms with van der Waals surface area (Å²) in [6.07, 6.45) is 1.83. The van der Waals surface area contributed by atoms with Crippen LogP contribution in [0, 0.1) is 5.92 Å². The molecule has 43 heavy (non-hydrogen) atoms. The number of ether oxygens (including phenoxy) is 2. The molecule has 0 unspecified atom stereocenters. The van der Waals surface area contributed by atoms with E-state index >= 15 is 0 Å². The van der Waals surface area contributed by atoms with Gasteiger partial charge in [0.05, 0.1) is 12.2 Å². The summed E-state index contributed by atoms with van der Waals surface area (Å²) in [7, 11) is 0. The number of piperidine rings is 1. The molecule has 8 heteroatoms.